The van der Waals surface area contributed by atoms with E-state index in [0.29, 0.717) is 6.42 Å². The maximum absolute atomic E-state index is 12.8. The highest BCUT2D eigenvalue weighted by Crippen LogP contribution is 2.19. The van der Waals surface area contributed by atoms with Crippen LogP contribution in [0.15, 0.2) is 42.5 Å². The van der Waals surface area contributed by atoms with Crippen molar-refractivity contribution in [3.05, 3.63) is 42.5 Å². The SMILES string of the molecule is F[C@@H]1C=CC(Oc2ccccc2)CC1. The summed E-state index contributed by atoms with van der Waals surface area (Å²) >= 11 is 0. The van der Waals surface area contributed by atoms with Gasteiger partial charge in [0.05, 0.1) is 0 Å². The number of alkyl halides is 1. The first-order chi connectivity index (χ1) is 6.84. The molecule has 0 saturated carbocycles. The zero-order chi connectivity index (χ0) is 9.80. The molecule has 0 N–H and O–H groups in total. The quantitative estimate of drug-likeness (QED) is 0.654. The number of rotatable bonds is 2. The van der Waals surface area contributed by atoms with E-state index in [2.05, 4.69) is 0 Å². The smallest absolute Gasteiger partial charge is 0.120 e. The van der Waals surface area contributed by atoms with Gasteiger partial charge < -0.3 is 4.74 Å². The largest absolute Gasteiger partial charge is 0.486 e. The number of para-hydroxylation sites is 1. The lowest BCUT2D eigenvalue weighted by atomic mass is 10.0. The van der Waals surface area contributed by atoms with E-state index < -0.39 is 6.17 Å². The monoisotopic (exact) mass is 192 g/mol. The molecule has 74 valence electrons. The van der Waals surface area contributed by atoms with Gasteiger partial charge in [-0.3, -0.25) is 0 Å². The van der Waals surface area contributed by atoms with Crippen molar-refractivity contribution in [3.63, 3.8) is 0 Å². The van der Waals surface area contributed by atoms with Crippen LogP contribution in [0, 0.1) is 0 Å². The molecule has 0 bridgehead atoms. The summed E-state index contributed by atoms with van der Waals surface area (Å²) in [5.74, 6) is 0.847. The van der Waals surface area contributed by atoms with Crippen LogP contribution in [-0.4, -0.2) is 12.3 Å². The Morgan fingerprint density at radius 2 is 1.86 bits per heavy atom. The van der Waals surface area contributed by atoms with Gasteiger partial charge in [0.15, 0.2) is 0 Å². The van der Waals surface area contributed by atoms with E-state index in [1.165, 1.54) is 0 Å². The highest BCUT2D eigenvalue weighted by atomic mass is 19.1. The van der Waals surface area contributed by atoms with Gasteiger partial charge in [-0.05, 0) is 31.1 Å². The maximum atomic E-state index is 12.8. The molecule has 1 aromatic rings. The van der Waals surface area contributed by atoms with E-state index in [4.69, 9.17) is 4.74 Å². The minimum Gasteiger partial charge on any atom is -0.486 e. The highest BCUT2D eigenvalue weighted by Gasteiger charge is 2.15. The summed E-state index contributed by atoms with van der Waals surface area (Å²) in [6.07, 6.45) is 3.95. The molecule has 2 heteroatoms. The van der Waals surface area contributed by atoms with Gasteiger partial charge in [-0.2, -0.15) is 0 Å². The van der Waals surface area contributed by atoms with Gasteiger partial charge in [-0.1, -0.05) is 24.3 Å². The Balaban J connectivity index is 1.96. The summed E-state index contributed by atoms with van der Waals surface area (Å²) in [5, 5.41) is 0. The second-order valence-electron chi connectivity index (χ2n) is 3.45. The predicted octanol–water partition coefficient (Wildman–Crippen LogP) is 3.12. The van der Waals surface area contributed by atoms with Crippen LogP contribution >= 0.6 is 0 Å². The Morgan fingerprint density at radius 3 is 2.50 bits per heavy atom. The lowest BCUT2D eigenvalue weighted by Crippen LogP contribution is -2.19. The second kappa shape index (κ2) is 4.27. The Hall–Kier alpha value is -1.31. The zero-order valence-corrected chi connectivity index (χ0v) is 7.90. The molecule has 1 aliphatic rings. The topological polar surface area (TPSA) is 9.23 Å². The van der Waals surface area contributed by atoms with Gasteiger partial charge in [0.1, 0.15) is 18.0 Å². The molecular weight excluding hydrogens is 179 g/mol. The number of halogens is 1. The number of benzene rings is 1. The van der Waals surface area contributed by atoms with E-state index >= 15 is 0 Å². The van der Waals surface area contributed by atoms with Gasteiger partial charge >= 0.3 is 0 Å². The number of allylic oxidation sites excluding steroid dienone is 1. The van der Waals surface area contributed by atoms with Crippen molar-refractivity contribution < 1.29 is 9.13 Å². The fourth-order valence-electron chi connectivity index (χ4n) is 1.53. The van der Waals surface area contributed by atoms with Gasteiger partial charge in [0.25, 0.3) is 0 Å². The van der Waals surface area contributed by atoms with Gasteiger partial charge in [-0.15, -0.1) is 0 Å². The Labute approximate surface area is 83.2 Å². The van der Waals surface area contributed by atoms with Gasteiger partial charge in [0, 0.05) is 0 Å². The molecule has 2 atom stereocenters. The van der Waals surface area contributed by atoms with Crippen LogP contribution in [0.1, 0.15) is 12.8 Å². The molecule has 1 aromatic carbocycles. The fourth-order valence-corrected chi connectivity index (χ4v) is 1.53. The van der Waals surface area contributed by atoms with Crippen LogP contribution in [0.2, 0.25) is 0 Å². The molecule has 0 saturated heterocycles. The van der Waals surface area contributed by atoms with Crippen molar-refractivity contribution >= 4 is 0 Å². The van der Waals surface area contributed by atoms with E-state index in [9.17, 15) is 4.39 Å². The van der Waals surface area contributed by atoms with Crippen molar-refractivity contribution in [3.8, 4) is 5.75 Å². The molecule has 0 aliphatic heterocycles. The van der Waals surface area contributed by atoms with E-state index in [1.54, 1.807) is 12.2 Å². The van der Waals surface area contributed by atoms with Crippen LogP contribution in [0.3, 0.4) is 0 Å². The molecule has 0 aromatic heterocycles. The van der Waals surface area contributed by atoms with Crippen molar-refractivity contribution in [1.29, 1.82) is 0 Å². The molecule has 0 heterocycles. The maximum Gasteiger partial charge on any atom is 0.120 e. The van der Waals surface area contributed by atoms with Crippen LogP contribution in [0.5, 0.6) is 5.75 Å². The highest BCUT2D eigenvalue weighted by molar-refractivity contribution is 5.22. The summed E-state index contributed by atoms with van der Waals surface area (Å²) in [6, 6.07) is 9.63. The van der Waals surface area contributed by atoms with Crippen molar-refractivity contribution in [1.82, 2.24) is 0 Å². The third kappa shape index (κ3) is 2.34. The summed E-state index contributed by atoms with van der Waals surface area (Å²) in [5.41, 5.74) is 0. The third-order valence-corrected chi connectivity index (χ3v) is 2.29. The molecule has 2 rings (SSSR count). The Bertz CT molecular complexity index is 307. The van der Waals surface area contributed by atoms with Crippen molar-refractivity contribution in [2.45, 2.75) is 25.1 Å². The van der Waals surface area contributed by atoms with Crippen molar-refractivity contribution in [2.75, 3.05) is 0 Å². The summed E-state index contributed by atoms with van der Waals surface area (Å²) in [7, 11) is 0. The second-order valence-corrected chi connectivity index (χ2v) is 3.45. The van der Waals surface area contributed by atoms with Crippen molar-refractivity contribution in [2.24, 2.45) is 0 Å². The number of ether oxygens (including phenoxy) is 1. The van der Waals surface area contributed by atoms with Crippen LogP contribution < -0.4 is 4.74 Å². The summed E-state index contributed by atoms with van der Waals surface area (Å²) in [6.45, 7) is 0. The van der Waals surface area contributed by atoms with Crippen LogP contribution in [-0.2, 0) is 0 Å². The molecule has 0 spiro atoms. The molecule has 1 nitrogen and oxygen atoms in total. The molecule has 1 aliphatic carbocycles. The third-order valence-electron chi connectivity index (χ3n) is 2.29. The Morgan fingerprint density at radius 1 is 1.07 bits per heavy atom. The van der Waals surface area contributed by atoms with Gasteiger partial charge in [0.2, 0.25) is 0 Å². The van der Waals surface area contributed by atoms with E-state index in [1.807, 2.05) is 30.3 Å². The van der Waals surface area contributed by atoms with E-state index in [0.717, 1.165) is 12.2 Å². The molecule has 0 radical (unpaired) electrons. The van der Waals surface area contributed by atoms with Gasteiger partial charge in [-0.25, -0.2) is 4.39 Å². The standard InChI is InChI=1S/C12H13FO/c13-10-6-8-12(9-7-10)14-11-4-2-1-3-5-11/h1-6,8,10,12H,7,9H2/t10-,12?/m1/s1. The average molecular weight is 192 g/mol. The fraction of sp³-hybridized carbons (Fsp3) is 0.333. The number of hydrogen-bond acceptors (Lipinski definition) is 1. The number of hydrogen-bond donors (Lipinski definition) is 0. The predicted molar refractivity (Wildman–Crippen MR) is 54.1 cm³/mol. The van der Waals surface area contributed by atoms with Crippen LogP contribution in [0.25, 0.3) is 0 Å². The molecular formula is C12H13FO. The van der Waals surface area contributed by atoms with Crippen LogP contribution in [0.4, 0.5) is 4.39 Å². The minimum atomic E-state index is -0.786. The molecule has 1 unspecified atom stereocenters. The lowest BCUT2D eigenvalue weighted by molar-refractivity contribution is 0.207. The Kier molecular flexibility index (Phi) is 2.82. The molecule has 14 heavy (non-hydrogen) atoms. The first-order valence-corrected chi connectivity index (χ1v) is 4.89. The summed E-state index contributed by atoms with van der Waals surface area (Å²) < 4.78 is 18.4. The first-order valence-electron chi connectivity index (χ1n) is 4.89. The zero-order valence-electron chi connectivity index (χ0n) is 7.90. The lowest BCUT2D eigenvalue weighted by Gasteiger charge is -2.19. The average Bonchev–Trinajstić information content (AvgIpc) is 2.23. The first kappa shape index (κ1) is 9.25. The molecule has 0 fully saturated rings. The molecule has 0 amide bonds. The normalized spacial score (nSPS) is 26.1. The summed E-state index contributed by atoms with van der Waals surface area (Å²) in [4.78, 5) is 0. The van der Waals surface area contributed by atoms with E-state index in [-0.39, 0.29) is 6.10 Å². The minimum absolute atomic E-state index is 0.0319.